The third kappa shape index (κ3) is 2.60. The molecule has 0 saturated carbocycles. The fraction of sp³-hybridized carbons (Fsp3) is 0. The Hall–Kier alpha value is -1.51. The zero-order valence-electron chi connectivity index (χ0n) is 8.78. The highest BCUT2D eigenvalue weighted by molar-refractivity contribution is 6.35. The summed E-state index contributed by atoms with van der Waals surface area (Å²) >= 11 is 11.8. The van der Waals surface area contributed by atoms with Crippen molar-refractivity contribution in [1.29, 1.82) is 0 Å². The molecule has 0 aliphatic heterocycles. The van der Waals surface area contributed by atoms with Crippen LogP contribution >= 0.6 is 23.2 Å². The number of nitrogens with two attached hydrogens (primary N) is 1. The molecular formula is C13H9Cl2NO. The van der Waals surface area contributed by atoms with E-state index in [4.69, 9.17) is 28.9 Å². The molecule has 2 nitrogen and oxygen atoms in total. The van der Waals surface area contributed by atoms with Crippen LogP contribution in [0.4, 0.5) is 5.69 Å². The van der Waals surface area contributed by atoms with Crippen LogP contribution in [0.2, 0.25) is 10.0 Å². The van der Waals surface area contributed by atoms with Gasteiger partial charge in [-0.25, -0.2) is 0 Å². The van der Waals surface area contributed by atoms with Crippen LogP contribution in [-0.4, -0.2) is 5.78 Å². The van der Waals surface area contributed by atoms with Gasteiger partial charge in [-0.2, -0.15) is 0 Å². The zero-order valence-corrected chi connectivity index (χ0v) is 10.3. The van der Waals surface area contributed by atoms with Gasteiger partial charge in [0.2, 0.25) is 0 Å². The van der Waals surface area contributed by atoms with Crippen molar-refractivity contribution in [3.05, 3.63) is 63.6 Å². The number of benzene rings is 2. The van der Waals surface area contributed by atoms with Crippen molar-refractivity contribution < 1.29 is 4.79 Å². The lowest BCUT2D eigenvalue weighted by Crippen LogP contribution is -2.02. The highest BCUT2D eigenvalue weighted by atomic mass is 35.5. The van der Waals surface area contributed by atoms with Crippen LogP contribution in [0.15, 0.2) is 42.5 Å². The smallest absolute Gasteiger partial charge is 0.194 e. The van der Waals surface area contributed by atoms with E-state index >= 15 is 0 Å². The number of ketones is 1. The van der Waals surface area contributed by atoms with E-state index in [2.05, 4.69) is 0 Å². The lowest BCUT2D eigenvalue weighted by molar-refractivity contribution is 0.103. The van der Waals surface area contributed by atoms with Crippen LogP contribution in [0.25, 0.3) is 0 Å². The summed E-state index contributed by atoms with van der Waals surface area (Å²) in [4.78, 5) is 12.1. The molecule has 0 spiro atoms. The number of rotatable bonds is 2. The van der Waals surface area contributed by atoms with Gasteiger partial charge in [-0.05, 0) is 30.3 Å². The van der Waals surface area contributed by atoms with Crippen molar-refractivity contribution in [2.45, 2.75) is 0 Å². The largest absolute Gasteiger partial charge is 0.399 e. The molecule has 0 aliphatic carbocycles. The van der Waals surface area contributed by atoms with Crippen molar-refractivity contribution in [2.75, 3.05) is 5.73 Å². The Balaban J connectivity index is 2.44. The lowest BCUT2D eigenvalue weighted by atomic mass is 10.0. The fourth-order valence-electron chi connectivity index (χ4n) is 1.50. The molecule has 86 valence electrons. The number of nitrogen functional groups attached to an aromatic ring is 1. The molecule has 0 heterocycles. The first-order chi connectivity index (χ1) is 8.08. The van der Waals surface area contributed by atoms with Crippen molar-refractivity contribution in [2.24, 2.45) is 0 Å². The topological polar surface area (TPSA) is 43.1 Å². The first-order valence-corrected chi connectivity index (χ1v) is 5.69. The van der Waals surface area contributed by atoms with E-state index in [9.17, 15) is 4.79 Å². The SMILES string of the molecule is Nc1ccc(C(=O)c2cccc(Cl)c2)c(Cl)c1. The molecule has 17 heavy (non-hydrogen) atoms. The van der Waals surface area contributed by atoms with Gasteiger partial charge in [0.1, 0.15) is 0 Å². The number of halogens is 2. The Labute approximate surface area is 109 Å². The minimum absolute atomic E-state index is 0.169. The highest BCUT2D eigenvalue weighted by Gasteiger charge is 2.13. The van der Waals surface area contributed by atoms with Gasteiger partial charge in [0.25, 0.3) is 0 Å². The summed E-state index contributed by atoms with van der Waals surface area (Å²) < 4.78 is 0. The maximum atomic E-state index is 12.1. The van der Waals surface area contributed by atoms with Crippen LogP contribution in [-0.2, 0) is 0 Å². The Morgan fingerprint density at radius 1 is 1.06 bits per heavy atom. The molecular weight excluding hydrogens is 257 g/mol. The fourth-order valence-corrected chi connectivity index (χ4v) is 1.97. The first kappa shape index (κ1) is 12.0. The van der Waals surface area contributed by atoms with Gasteiger partial charge in [0.15, 0.2) is 5.78 Å². The van der Waals surface area contributed by atoms with Crippen LogP contribution < -0.4 is 5.73 Å². The summed E-state index contributed by atoms with van der Waals surface area (Å²) in [6.07, 6.45) is 0. The first-order valence-electron chi connectivity index (χ1n) is 4.93. The predicted octanol–water partition coefficient (Wildman–Crippen LogP) is 3.81. The predicted molar refractivity (Wildman–Crippen MR) is 70.7 cm³/mol. The van der Waals surface area contributed by atoms with Crippen molar-refractivity contribution >= 4 is 34.7 Å². The van der Waals surface area contributed by atoms with E-state index in [1.165, 1.54) is 0 Å². The molecule has 0 aliphatic rings. The third-order valence-corrected chi connectivity index (χ3v) is 2.87. The molecule has 2 aromatic rings. The molecule has 0 atom stereocenters. The normalized spacial score (nSPS) is 10.2. The second-order valence-corrected chi connectivity index (χ2v) is 4.42. The second kappa shape index (κ2) is 4.78. The van der Waals surface area contributed by atoms with Gasteiger partial charge < -0.3 is 5.73 Å². The van der Waals surface area contributed by atoms with Gasteiger partial charge >= 0.3 is 0 Å². The highest BCUT2D eigenvalue weighted by Crippen LogP contribution is 2.23. The van der Waals surface area contributed by atoms with E-state index in [-0.39, 0.29) is 5.78 Å². The monoisotopic (exact) mass is 265 g/mol. The Morgan fingerprint density at radius 3 is 2.47 bits per heavy atom. The molecule has 0 fully saturated rings. The average molecular weight is 266 g/mol. The Bertz CT molecular complexity index is 581. The average Bonchev–Trinajstić information content (AvgIpc) is 2.28. The van der Waals surface area contributed by atoms with Crippen molar-refractivity contribution in [3.63, 3.8) is 0 Å². The number of carbonyl (C=O) groups is 1. The Kier molecular flexibility index (Phi) is 3.36. The molecule has 0 bridgehead atoms. The molecule has 2 N–H and O–H groups in total. The van der Waals surface area contributed by atoms with E-state index < -0.39 is 0 Å². The van der Waals surface area contributed by atoms with Gasteiger partial charge in [0.05, 0.1) is 5.02 Å². The van der Waals surface area contributed by atoms with E-state index in [0.29, 0.717) is 26.9 Å². The minimum atomic E-state index is -0.169. The van der Waals surface area contributed by atoms with Gasteiger partial charge in [0, 0.05) is 21.8 Å². The summed E-state index contributed by atoms with van der Waals surface area (Å²) in [6, 6.07) is 11.5. The lowest BCUT2D eigenvalue weighted by Gasteiger charge is -2.05. The minimum Gasteiger partial charge on any atom is -0.399 e. The molecule has 2 aromatic carbocycles. The van der Waals surface area contributed by atoms with Crippen LogP contribution in [0, 0.1) is 0 Å². The summed E-state index contributed by atoms with van der Waals surface area (Å²) in [5.74, 6) is -0.169. The summed E-state index contributed by atoms with van der Waals surface area (Å²) in [6.45, 7) is 0. The summed E-state index contributed by atoms with van der Waals surface area (Å²) in [5.41, 5.74) is 7.02. The van der Waals surface area contributed by atoms with Crippen molar-refractivity contribution in [1.82, 2.24) is 0 Å². The Morgan fingerprint density at radius 2 is 1.82 bits per heavy atom. The molecule has 4 heteroatoms. The number of hydrogen-bond donors (Lipinski definition) is 1. The molecule has 0 saturated heterocycles. The second-order valence-electron chi connectivity index (χ2n) is 3.58. The number of carbonyl (C=O) groups excluding carboxylic acids is 1. The van der Waals surface area contributed by atoms with Gasteiger partial charge in [-0.1, -0.05) is 35.3 Å². The molecule has 0 amide bonds. The van der Waals surface area contributed by atoms with Crippen LogP contribution in [0.5, 0.6) is 0 Å². The zero-order chi connectivity index (χ0) is 12.4. The van der Waals surface area contributed by atoms with E-state index in [1.807, 2.05) is 0 Å². The van der Waals surface area contributed by atoms with E-state index in [0.717, 1.165) is 0 Å². The maximum absolute atomic E-state index is 12.1. The molecule has 0 aromatic heterocycles. The van der Waals surface area contributed by atoms with E-state index in [1.54, 1.807) is 42.5 Å². The molecule has 0 unspecified atom stereocenters. The summed E-state index contributed by atoms with van der Waals surface area (Å²) in [5, 5.41) is 0.859. The quantitative estimate of drug-likeness (QED) is 0.663. The van der Waals surface area contributed by atoms with Gasteiger partial charge in [-0.3, -0.25) is 4.79 Å². The summed E-state index contributed by atoms with van der Waals surface area (Å²) in [7, 11) is 0. The maximum Gasteiger partial charge on any atom is 0.194 e. The number of anilines is 1. The third-order valence-electron chi connectivity index (χ3n) is 2.32. The standard InChI is InChI=1S/C13H9Cl2NO/c14-9-3-1-2-8(6-9)13(17)11-5-4-10(16)7-12(11)15/h1-7H,16H2. The molecule has 0 radical (unpaired) electrons. The number of hydrogen-bond acceptors (Lipinski definition) is 2. The van der Waals surface area contributed by atoms with Gasteiger partial charge in [-0.15, -0.1) is 0 Å². The van der Waals surface area contributed by atoms with Crippen LogP contribution in [0.1, 0.15) is 15.9 Å². The molecule has 2 rings (SSSR count). The van der Waals surface area contributed by atoms with Crippen molar-refractivity contribution in [3.8, 4) is 0 Å². The van der Waals surface area contributed by atoms with Crippen LogP contribution in [0.3, 0.4) is 0 Å².